The zero-order chi connectivity index (χ0) is 12.3. The molecule has 1 N–H and O–H groups in total. The molecule has 0 aromatic heterocycles. The molecule has 0 radical (unpaired) electrons. The minimum atomic E-state index is -0.168. The normalized spacial score (nSPS) is 21.7. The standard InChI is InChI=1S/C14H20FNO/c1-10-5-6-11(15)8-13(10)14(16-2)9-12-4-3-7-17-12/h5-6,8,12,14,16H,3-4,7,9H2,1-2H3. The zero-order valence-electron chi connectivity index (χ0n) is 10.5. The van der Waals surface area contributed by atoms with E-state index >= 15 is 0 Å². The van der Waals surface area contributed by atoms with Crippen molar-refractivity contribution >= 4 is 0 Å². The van der Waals surface area contributed by atoms with Crippen molar-refractivity contribution < 1.29 is 9.13 Å². The van der Waals surface area contributed by atoms with E-state index in [1.165, 1.54) is 6.07 Å². The Labute approximate surface area is 102 Å². The van der Waals surface area contributed by atoms with Crippen molar-refractivity contribution in [3.05, 3.63) is 35.1 Å². The third-order valence-corrected chi connectivity index (χ3v) is 3.49. The minimum Gasteiger partial charge on any atom is -0.378 e. The van der Waals surface area contributed by atoms with Gasteiger partial charge in [0.05, 0.1) is 6.10 Å². The van der Waals surface area contributed by atoms with E-state index < -0.39 is 0 Å². The number of aryl methyl sites for hydroxylation is 1. The summed E-state index contributed by atoms with van der Waals surface area (Å²) in [5.41, 5.74) is 2.17. The summed E-state index contributed by atoms with van der Waals surface area (Å²) in [5.74, 6) is -0.168. The topological polar surface area (TPSA) is 21.3 Å². The van der Waals surface area contributed by atoms with Gasteiger partial charge in [0, 0.05) is 12.6 Å². The first-order valence-electron chi connectivity index (χ1n) is 6.25. The zero-order valence-corrected chi connectivity index (χ0v) is 10.5. The van der Waals surface area contributed by atoms with Crippen LogP contribution in [0.5, 0.6) is 0 Å². The van der Waals surface area contributed by atoms with Crippen LogP contribution in [0.1, 0.15) is 36.4 Å². The van der Waals surface area contributed by atoms with Crippen LogP contribution in [0.3, 0.4) is 0 Å². The fourth-order valence-corrected chi connectivity index (χ4v) is 2.48. The summed E-state index contributed by atoms with van der Waals surface area (Å²) in [6.45, 7) is 2.89. The van der Waals surface area contributed by atoms with Gasteiger partial charge in [-0.05, 0) is 56.5 Å². The van der Waals surface area contributed by atoms with Gasteiger partial charge in [0.1, 0.15) is 5.82 Å². The number of benzene rings is 1. The highest BCUT2D eigenvalue weighted by Gasteiger charge is 2.22. The molecular formula is C14H20FNO. The second-order valence-electron chi connectivity index (χ2n) is 4.71. The van der Waals surface area contributed by atoms with Crippen molar-refractivity contribution in [2.24, 2.45) is 0 Å². The first-order valence-corrected chi connectivity index (χ1v) is 6.25. The summed E-state index contributed by atoms with van der Waals surface area (Å²) < 4.78 is 18.9. The van der Waals surface area contributed by atoms with Gasteiger partial charge in [0.25, 0.3) is 0 Å². The van der Waals surface area contributed by atoms with Crippen molar-refractivity contribution in [1.29, 1.82) is 0 Å². The van der Waals surface area contributed by atoms with E-state index in [4.69, 9.17) is 4.74 Å². The van der Waals surface area contributed by atoms with E-state index in [0.29, 0.717) is 6.10 Å². The van der Waals surface area contributed by atoms with Crippen LogP contribution in [0.2, 0.25) is 0 Å². The molecule has 2 atom stereocenters. The fourth-order valence-electron chi connectivity index (χ4n) is 2.48. The van der Waals surface area contributed by atoms with Gasteiger partial charge in [0.15, 0.2) is 0 Å². The summed E-state index contributed by atoms with van der Waals surface area (Å²) in [6, 6.07) is 5.15. The van der Waals surface area contributed by atoms with Gasteiger partial charge in [-0.2, -0.15) is 0 Å². The maximum Gasteiger partial charge on any atom is 0.123 e. The lowest BCUT2D eigenvalue weighted by molar-refractivity contribution is 0.0953. The molecule has 0 bridgehead atoms. The molecule has 2 nitrogen and oxygen atoms in total. The average Bonchev–Trinajstić information content (AvgIpc) is 2.82. The van der Waals surface area contributed by atoms with Crippen LogP contribution in [0.15, 0.2) is 18.2 Å². The molecule has 2 rings (SSSR count). The summed E-state index contributed by atoms with van der Waals surface area (Å²) in [5, 5.41) is 3.27. The molecule has 1 aromatic rings. The molecule has 17 heavy (non-hydrogen) atoms. The molecule has 1 aliphatic rings. The minimum absolute atomic E-state index is 0.168. The summed E-state index contributed by atoms with van der Waals surface area (Å²) in [4.78, 5) is 0. The largest absolute Gasteiger partial charge is 0.378 e. The highest BCUT2D eigenvalue weighted by molar-refractivity contribution is 5.29. The lowest BCUT2D eigenvalue weighted by Crippen LogP contribution is -2.23. The molecule has 0 saturated carbocycles. The summed E-state index contributed by atoms with van der Waals surface area (Å²) in [6.07, 6.45) is 3.49. The molecule has 2 unspecified atom stereocenters. The van der Waals surface area contributed by atoms with Crippen molar-refractivity contribution in [3.63, 3.8) is 0 Å². The van der Waals surface area contributed by atoms with Crippen LogP contribution in [0.25, 0.3) is 0 Å². The van der Waals surface area contributed by atoms with E-state index in [1.807, 2.05) is 20.0 Å². The number of ether oxygens (including phenoxy) is 1. The van der Waals surface area contributed by atoms with E-state index in [2.05, 4.69) is 5.32 Å². The first kappa shape index (κ1) is 12.5. The molecule has 0 aliphatic carbocycles. The van der Waals surface area contributed by atoms with Crippen LogP contribution < -0.4 is 5.32 Å². The lowest BCUT2D eigenvalue weighted by atomic mass is 9.95. The number of rotatable bonds is 4. The monoisotopic (exact) mass is 237 g/mol. The third kappa shape index (κ3) is 3.05. The maximum absolute atomic E-state index is 13.3. The predicted octanol–water partition coefficient (Wildman–Crippen LogP) is 2.96. The van der Waals surface area contributed by atoms with E-state index in [-0.39, 0.29) is 11.9 Å². The molecule has 3 heteroatoms. The van der Waals surface area contributed by atoms with E-state index in [9.17, 15) is 4.39 Å². The molecular weight excluding hydrogens is 217 g/mol. The molecule has 1 fully saturated rings. The van der Waals surface area contributed by atoms with Crippen molar-refractivity contribution in [2.45, 2.75) is 38.3 Å². The van der Waals surface area contributed by atoms with Crippen LogP contribution in [-0.4, -0.2) is 19.8 Å². The van der Waals surface area contributed by atoms with Gasteiger partial charge in [-0.3, -0.25) is 0 Å². The van der Waals surface area contributed by atoms with E-state index in [1.54, 1.807) is 6.07 Å². The smallest absolute Gasteiger partial charge is 0.123 e. The van der Waals surface area contributed by atoms with Gasteiger partial charge in [0.2, 0.25) is 0 Å². The Balaban J connectivity index is 2.13. The maximum atomic E-state index is 13.3. The highest BCUT2D eigenvalue weighted by atomic mass is 19.1. The molecule has 1 saturated heterocycles. The second kappa shape index (κ2) is 5.61. The predicted molar refractivity (Wildman–Crippen MR) is 66.5 cm³/mol. The fraction of sp³-hybridized carbons (Fsp3) is 0.571. The van der Waals surface area contributed by atoms with E-state index in [0.717, 1.165) is 37.0 Å². The Morgan fingerprint density at radius 3 is 3.00 bits per heavy atom. The molecule has 1 heterocycles. The third-order valence-electron chi connectivity index (χ3n) is 3.49. The molecule has 94 valence electrons. The van der Waals surface area contributed by atoms with Gasteiger partial charge in [-0.15, -0.1) is 0 Å². The quantitative estimate of drug-likeness (QED) is 0.869. The molecule has 0 spiro atoms. The Morgan fingerprint density at radius 2 is 2.35 bits per heavy atom. The summed E-state index contributed by atoms with van der Waals surface area (Å²) >= 11 is 0. The molecule has 1 aromatic carbocycles. The van der Waals surface area contributed by atoms with Gasteiger partial charge >= 0.3 is 0 Å². The molecule has 1 aliphatic heterocycles. The van der Waals surface area contributed by atoms with Crippen LogP contribution in [0.4, 0.5) is 4.39 Å². The Morgan fingerprint density at radius 1 is 1.53 bits per heavy atom. The van der Waals surface area contributed by atoms with Crippen molar-refractivity contribution in [1.82, 2.24) is 5.32 Å². The van der Waals surface area contributed by atoms with Gasteiger partial charge in [-0.25, -0.2) is 4.39 Å². The van der Waals surface area contributed by atoms with Crippen molar-refractivity contribution in [3.8, 4) is 0 Å². The number of hydrogen-bond donors (Lipinski definition) is 1. The number of nitrogens with one attached hydrogen (secondary N) is 1. The van der Waals surface area contributed by atoms with Crippen LogP contribution >= 0.6 is 0 Å². The first-order chi connectivity index (χ1) is 8.20. The van der Waals surface area contributed by atoms with Gasteiger partial charge in [-0.1, -0.05) is 6.07 Å². The SMILES string of the molecule is CNC(CC1CCCO1)c1cc(F)ccc1C. The van der Waals surface area contributed by atoms with Crippen molar-refractivity contribution in [2.75, 3.05) is 13.7 Å². The molecule has 0 amide bonds. The van der Waals surface area contributed by atoms with Gasteiger partial charge < -0.3 is 10.1 Å². The summed E-state index contributed by atoms with van der Waals surface area (Å²) in [7, 11) is 1.92. The highest BCUT2D eigenvalue weighted by Crippen LogP contribution is 2.27. The Kier molecular flexibility index (Phi) is 4.13. The average molecular weight is 237 g/mol. The Bertz CT molecular complexity index is 374. The second-order valence-corrected chi connectivity index (χ2v) is 4.71. The number of hydrogen-bond acceptors (Lipinski definition) is 2. The Hall–Kier alpha value is -0.930. The van der Waals surface area contributed by atoms with Crippen LogP contribution in [-0.2, 0) is 4.74 Å². The number of halogens is 1. The van der Waals surface area contributed by atoms with Crippen LogP contribution in [0, 0.1) is 12.7 Å². The lowest BCUT2D eigenvalue weighted by Gasteiger charge is -2.22.